The first-order valence-electron chi connectivity index (χ1n) is 7.38. The Morgan fingerprint density at radius 2 is 1.56 bits per heavy atom. The maximum absolute atomic E-state index is 11.8. The smallest absolute Gasteiger partial charge is 0.546 e. The van der Waals surface area contributed by atoms with Crippen molar-refractivity contribution in [2.45, 2.75) is 12.5 Å². The Hall–Kier alpha value is -2.68. The largest absolute Gasteiger partial charge is 1.00 e. The number of hydrogen-bond donors (Lipinski definition) is 4. The monoisotopic (exact) mass is 382 g/mol. The number of aliphatic carboxylic acids is 1. The molecular formula is C18H15NaO8. The fraction of sp³-hybridized carbons (Fsp3) is 0.111. The van der Waals surface area contributed by atoms with E-state index >= 15 is 0 Å². The van der Waals surface area contributed by atoms with Crippen molar-refractivity contribution in [2.75, 3.05) is 0 Å². The Bertz CT molecular complexity index is 862. The second-order valence-electron chi connectivity index (χ2n) is 5.35. The molecule has 0 heterocycles. The Labute approximate surface area is 176 Å². The second kappa shape index (κ2) is 9.86. The van der Waals surface area contributed by atoms with E-state index in [0.29, 0.717) is 11.1 Å². The van der Waals surface area contributed by atoms with Gasteiger partial charge < -0.3 is 35.1 Å². The van der Waals surface area contributed by atoms with Crippen LogP contribution in [0.2, 0.25) is 0 Å². The molecule has 1 atom stereocenters. The van der Waals surface area contributed by atoms with Crippen molar-refractivity contribution >= 4 is 18.0 Å². The van der Waals surface area contributed by atoms with E-state index in [-0.39, 0.29) is 53.2 Å². The number of rotatable bonds is 6. The Morgan fingerprint density at radius 1 is 0.963 bits per heavy atom. The fourth-order valence-corrected chi connectivity index (χ4v) is 2.07. The van der Waals surface area contributed by atoms with Crippen LogP contribution in [0.15, 0.2) is 42.5 Å². The number of carboxylic acids is 1. The number of phenolic OH excluding ortho intramolecular Hbond substituents is 4. The zero-order valence-electron chi connectivity index (χ0n) is 14.3. The number of carboxylic acid groups (broad SMARTS) is 1. The van der Waals surface area contributed by atoms with Gasteiger partial charge in [0.1, 0.15) is 6.10 Å². The molecule has 8 nitrogen and oxygen atoms in total. The molecule has 4 N–H and O–H groups in total. The summed E-state index contributed by atoms with van der Waals surface area (Å²) in [5.74, 6) is -4.08. The van der Waals surface area contributed by atoms with Crippen LogP contribution in [-0.4, -0.2) is 38.5 Å². The summed E-state index contributed by atoms with van der Waals surface area (Å²) in [6.07, 6.45) is 0.343. The molecule has 0 aliphatic rings. The summed E-state index contributed by atoms with van der Waals surface area (Å²) >= 11 is 0. The first-order chi connectivity index (χ1) is 12.3. The standard InChI is InChI=1S/C18H16O8.Na/c19-12-4-1-10(7-14(12)21)3-6-17(23)26-16(18(24)25)9-11-2-5-13(20)15(22)8-11;/h1-8,16,19-22H,9H2,(H,24,25);/q;+1/p-1/b6-3+;. The van der Waals surface area contributed by atoms with Gasteiger partial charge in [-0.2, -0.15) is 0 Å². The number of carbonyl (C=O) groups is 2. The average Bonchev–Trinajstić information content (AvgIpc) is 2.58. The molecule has 1 unspecified atom stereocenters. The van der Waals surface area contributed by atoms with Gasteiger partial charge in [0.05, 0.1) is 5.97 Å². The molecule has 0 bridgehead atoms. The van der Waals surface area contributed by atoms with Crippen molar-refractivity contribution in [2.24, 2.45) is 0 Å². The predicted molar refractivity (Wildman–Crippen MR) is 87.2 cm³/mol. The van der Waals surface area contributed by atoms with Crippen molar-refractivity contribution < 1.29 is 69.4 Å². The maximum Gasteiger partial charge on any atom is 1.00 e. The number of carbonyl (C=O) groups excluding carboxylic acids is 2. The van der Waals surface area contributed by atoms with E-state index in [1.807, 2.05) is 0 Å². The molecule has 2 aromatic rings. The zero-order valence-corrected chi connectivity index (χ0v) is 16.3. The number of phenols is 4. The average molecular weight is 382 g/mol. The summed E-state index contributed by atoms with van der Waals surface area (Å²) in [7, 11) is 0. The summed E-state index contributed by atoms with van der Waals surface area (Å²) in [4.78, 5) is 23.0. The Morgan fingerprint density at radius 3 is 2.11 bits per heavy atom. The van der Waals surface area contributed by atoms with Crippen LogP contribution in [0.1, 0.15) is 11.1 Å². The van der Waals surface area contributed by atoms with Gasteiger partial charge in [-0.3, -0.25) is 0 Å². The molecule has 0 spiro atoms. The van der Waals surface area contributed by atoms with Crippen molar-refractivity contribution in [1.82, 2.24) is 0 Å². The molecule has 0 aliphatic heterocycles. The summed E-state index contributed by atoms with van der Waals surface area (Å²) in [5, 5.41) is 48.4. The number of ether oxygens (including phenoxy) is 1. The van der Waals surface area contributed by atoms with Gasteiger partial charge in [-0.1, -0.05) is 12.1 Å². The van der Waals surface area contributed by atoms with E-state index in [4.69, 9.17) is 4.74 Å². The van der Waals surface area contributed by atoms with Gasteiger partial charge in [0.2, 0.25) is 0 Å². The molecule has 0 saturated heterocycles. The molecule has 0 aliphatic carbocycles. The van der Waals surface area contributed by atoms with Crippen LogP contribution in [0.3, 0.4) is 0 Å². The maximum atomic E-state index is 11.8. The number of aromatic hydroxyl groups is 4. The third-order valence-corrected chi connectivity index (χ3v) is 3.39. The SMILES string of the molecule is O=C(/C=C/c1ccc(O)c(O)c1)OC(Cc1ccc(O)c(O)c1)C(=O)[O-].[Na+]. The van der Waals surface area contributed by atoms with Gasteiger partial charge in [-0.15, -0.1) is 0 Å². The first-order valence-corrected chi connectivity index (χ1v) is 7.38. The van der Waals surface area contributed by atoms with E-state index in [2.05, 4.69) is 0 Å². The Kier molecular flexibility index (Phi) is 8.17. The number of esters is 1. The van der Waals surface area contributed by atoms with Crippen LogP contribution in [0.5, 0.6) is 23.0 Å². The minimum atomic E-state index is -1.62. The minimum Gasteiger partial charge on any atom is -0.546 e. The van der Waals surface area contributed by atoms with E-state index in [1.165, 1.54) is 36.4 Å². The molecule has 0 fully saturated rings. The van der Waals surface area contributed by atoms with E-state index in [1.54, 1.807) is 0 Å². The second-order valence-corrected chi connectivity index (χ2v) is 5.35. The quantitative estimate of drug-likeness (QED) is 0.184. The number of hydrogen-bond acceptors (Lipinski definition) is 8. The molecule has 0 amide bonds. The third-order valence-electron chi connectivity index (χ3n) is 3.39. The van der Waals surface area contributed by atoms with Crippen LogP contribution in [0.4, 0.5) is 0 Å². The zero-order chi connectivity index (χ0) is 19.3. The van der Waals surface area contributed by atoms with Crippen LogP contribution in [0, 0.1) is 0 Å². The van der Waals surface area contributed by atoms with Crippen molar-refractivity contribution in [1.29, 1.82) is 0 Å². The van der Waals surface area contributed by atoms with Gasteiger partial charge in [0.15, 0.2) is 23.0 Å². The molecule has 9 heteroatoms. The van der Waals surface area contributed by atoms with Gasteiger partial charge >= 0.3 is 35.5 Å². The van der Waals surface area contributed by atoms with Crippen LogP contribution < -0.4 is 34.7 Å². The molecule has 2 rings (SSSR count). The van der Waals surface area contributed by atoms with Crippen LogP contribution >= 0.6 is 0 Å². The number of benzene rings is 2. The summed E-state index contributed by atoms with van der Waals surface area (Å²) in [6, 6.07) is 7.54. The minimum absolute atomic E-state index is 0. The third kappa shape index (κ3) is 6.52. The van der Waals surface area contributed by atoms with Crippen molar-refractivity contribution in [3.8, 4) is 23.0 Å². The van der Waals surface area contributed by atoms with Gasteiger partial charge in [-0.25, -0.2) is 4.79 Å². The van der Waals surface area contributed by atoms with Crippen molar-refractivity contribution in [3.63, 3.8) is 0 Å². The molecule has 0 radical (unpaired) electrons. The van der Waals surface area contributed by atoms with E-state index in [9.17, 15) is 35.1 Å². The molecular weight excluding hydrogens is 367 g/mol. The first kappa shape index (κ1) is 22.4. The van der Waals surface area contributed by atoms with Crippen LogP contribution in [0.25, 0.3) is 6.08 Å². The summed E-state index contributed by atoms with van der Waals surface area (Å²) in [6.45, 7) is 0. The van der Waals surface area contributed by atoms with E-state index in [0.717, 1.165) is 12.1 Å². The normalized spacial score (nSPS) is 11.6. The van der Waals surface area contributed by atoms with Gasteiger partial charge in [-0.05, 0) is 41.5 Å². The molecule has 27 heavy (non-hydrogen) atoms. The molecule has 2 aromatic carbocycles. The topological polar surface area (TPSA) is 147 Å². The van der Waals surface area contributed by atoms with E-state index < -0.39 is 23.8 Å². The Balaban J connectivity index is 0.00000364. The van der Waals surface area contributed by atoms with Gasteiger partial charge in [0, 0.05) is 12.5 Å². The van der Waals surface area contributed by atoms with Crippen LogP contribution in [-0.2, 0) is 20.7 Å². The fourth-order valence-electron chi connectivity index (χ4n) is 2.07. The molecule has 0 saturated carbocycles. The van der Waals surface area contributed by atoms with Gasteiger partial charge in [0.25, 0.3) is 0 Å². The molecule has 0 aromatic heterocycles. The molecule has 136 valence electrons. The van der Waals surface area contributed by atoms with Crippen molar-refractivity contribution in [3.05, 3.63) is 53.6 Å². The predicted octanol–water partition coefficient (Wildman–Crippen LogP) is -2.57. The summed E-state index contributed by atoms with van der Waals surface area (Å²) in [5.41, 5.74) is 0.695. The summed E-state index contributed by atoms with van der Waals surface area (Å²) < 4.78 is 4.82.